The molecule has 2 aromatic heterocycles. The molecule has 0 amide bonds. The van der Waals surface area contributed by atoms with Crippen molar-refractivity contribution in [3.63, 3.8) is 0 Å². The second-order valence-electron chi connectivity index (χ2n) is 2.65. The summed E-state index contributed by atoms with van der Waals surface area (Å²) in [7, 11) is 0. The third-order valence-electron chi connectivity index (χ3n) is 1.83. The van der Waals surface area contributed by atoms with Crippen LogP contribution in [0.2, 0.25) is 0 Å². The lowest BCUT2D eigenvalue weighted by Crippen LogP contribution is -2.17. The molecule has 0 fully saturated rings. The molecule has 0 aliphatic carbocycles. The molecule has 4 heteroatoms. The Morgan fingerprint density at radius 2 is 2.31 bits per heavy atom. The largest absolute Gasteiger partial charge is 0.269 e. The number of hydrogen-bond acceptors (Lipinski definition) is 2. The average molecular weight is 239 g/mol. The Morgan fingerprint density at radius 3 is 3.08 bits per heavy atom. The molecule has 0 aromatic carbocycles. The van der Waals surface area contributed by atoms with Gasteiger partial charge < -0.3 is 0 Å². The third-order valence-corrected chi connectivity index (χ3v) is 2.43. The highest BCUT2D eigenvalue weighted by Crippen LogP contribution is 2.00. The molecule has 0 saturated heterocycles. The molecule has 0 bridgehead atoms. The number of alkyl halides is 1. The van der Waals surface area contributed by atoms with Gasteiger partial charge in [-0.05, 0) is 12.1 Å². The minimum Gasteiger partial charge on any atom is -0.269 e. The molecular weight excluding hydrogens is 232 g/mol. The summed E-state index contributed by atoms with van der Waals surface area (Å²) >= 11 is 3.24. The van der Waals surface area contributed by atoms with Crippen LogP contribution in [0.25, 0.3) is 5.65 Å². The maximum absolute atomic E-state index is 11.7. The first-order valence-corrected chi connectivity index (χ1v) is 4.96. The fourth-order valence-electron chi connectivity index (χ4n) is 1.16. The second kappa shape index (κ2) is 3.30. The topological polar surface area (TPSA) is 34.4 Å². The standard InChI is InChI=1S/C9H7BrN2O/c10-5-7-6-11-8-3-1-2-4-12(8)9(7)13/h1-4,6H,5H2. The van der Waals surface area contributed by atoms with Crippen LogP contribution in [0.5, 0.6) is 0 Å². The van der Waals surface area contributed by atoms with Crippen molar-refractivity contribution in [2.24, 2.45) is 0 Å². The number of rotatable bonds is 1. The number of pyridine rings is 1. The van der Waals surface area contributed by atoms with E-state index in [-0.39, 0.29) is 5.56 Å². The van der Waals surface area contributed by atoms with Crippen molar-refractivity contribution in [1.29, 1.82) is 0 Å². The first kappa shape index (κ1) is 8.44. The summed E-state index contributed by atoms with van der Waals surface area (Å²) in [6.07, 6.45) is 3.32. The van der Waals surface area contributed by atoms with E-state index in [0.717, 1.165) is 0 Å². The van der Waals surface area contributed by atoms with Gasteiger partial charge in [0.15, 0.2) is 0 Å². The average Bonchev–Trinajstić information content (AvgIpc) is 2.19. The number of halogens is 1. The van der Waals surface area contributed by atoms with E-state index in [9.17, 15) is 4.79 Å². The lowest BCUT2D eigenvalue weighted by atomic mass is 10.3. The van der Waals surface area contributed by atoms with Gasteiger partial charge in [-0.2, -0.15) is 0 Å². The Hall–Kier alpha value is -1.16. The monoisotopic (exact) mass is 238 g/mol. The van der Waals surface area contributed by atoms with Crippen LogP contribution < -0.4 is 5.56 Å². The smallest absolute Gasteiger partial charge is 0.261 e. The van der Waals surface area contributed by atoms with Gasteiger partial charge in [0.1, 0.15) is 5.65 Å². The molecule has 0 atom stereocenters. The number of hydrogen-bond donors (Lipinski definition) is 0. The summed E-state index contributed by atoms with van der Waals surface area (Å²) in [6.45, 7) is 0. The molecule has 0 unspecified atom stereocenters. The van der Waals surface area contributed by atoms with Crippen LogP contribution in [-0.2, 0) is 5.33 Å². The van der Waals surface area contributed by atoms with E-state index in [2.05, 4.69) is 20.9 Å². The Morgan fingerprint density at radius 1 is 1.46 bits per heavy atom. The lowest BCUT2D eigenvalue weighted by molar-refractivity contribution is 1.01. The van der Waals surface area contributed by atoms with E-state index < -0.39 is 0 Å². The van der Waals surface area contributed by atoms with Gasteiger partial charge in [-0.3, -0.25) is 9.20 Å². The van der Waals surface area contributed by atoms with Crippen molar-refractivity contribution in [3.8, 4) is 0 Å². The van der Waals surface area contributed by atoms with Gasteiger partial charge >= 0.3 is 0 Å². The number of aromatic nitrogens is 2. The molecule has 66 valence electrons. The summed E-state index contributed by atoms with van der Waals surface area (Å²) in [6, 6.07) is 5.48. The Labute approximate surface area is 83.2 Å². The van der Waals surface area contributed by atoms with Crippen LogP contribution >= 0.6 is 15.9 Å². The van der Waals surface area contributed by atoms with Crippen molar-refractivity contribution in [1.82, 2.24) is 9.38 Å². The van der Waals surface area contributed by atoms with E-state index in [1.54, 1.807) is 18.5 Å². The van der Waals surface area contributed by atoms with Crippen molar-refractivity contribution < 1.29 is 0 Å². The van der Waals surface area contributed by atoms with Gasteiger partial charge in [0.05, 0.1) is 0 Å². The highest BCUT2D eigenvalue weighted by Gasteiger charge is 2.01. The third kappa shape index (κ3) is 1.37. The zero-order valence-corrected chi connectivity index (χ0v) is 8.36. The molecule has 0 aliphatic heterocycles. The predicted octanol–water partition coefficient (Wildman–Crippen LogP) is 1.59. The molecule has 0 radical (unpaired) electrons. The zero-order chi connectivity index (χ0) is 9.26. The predicted molar refractivity (Wildman–Crippen MR) is 54.1 cm³/mol. The fourth-order valence-corrected chi connectivity index (χ4v) is 1.54. The van der Waals surface area contributed by atoms with Crippen LogP contribution in [0.3, 0.4) is 0 Å². The van der Waals surface area contributed by atoms with Gasteiger partial charge in [-0.15, -0.1) is 0 Å². The van der Waals surface area contributed by atoms with Crippen LogP contribution in [0.1, 0.15) is 5.56 Å². The van der Waals surface area contributed by atoms with Crippen molar-refractivity contribution in [3.05, 3.63) is 46.5 Å². The highest BCUT2D eigenvalue weighted by atomic mass is 79.9. The molecule has 2 aromatic rings. The summed E-state index contributed by atoms with van der Waals surface area (Å²) in [5.74, 6) is 0. The van der Waals surface area contributed by atoms with E-state index in [1.807, 2.05) is 12.1 Å². The van der Waals surface area contributed by atoms with Crippen molar-refractivity contribution in [2.45, 2.75) is 5.33 Å². The van der Waals surface area contributed by atoms with Gasteiger partial charge in [0, 0.05) is 23.3 Å². The van der Waals surface area contributed by atoms with E-state index in [0.29, 0.717) is 16.5 Å². The summed E-state index contributed by atoms with van der Waals surface area (Å²) in [5.41, 5.74) is 1.34. The molecule has 2 rings (SSSR count). The first-order chi connectivity index (χ1) is 6.33. The minimum absolute atomic E-state index is 0.0116. The fraction of sp³-hybridized carbons (Fsp3) is 0.111. The summed E-state index contributed by atoms with van der Waals surface area (Å²) in [5, 5.41) is 0.538. The quantitative estimate of drug-likeness (QED) is 0.708. The van der Waals surface area contributed by atoms with Crippen molar-refractivity contribution in [2.75, 3.05) is 0 Å². The van der Waals surface area contributed by atoms with Crippen LogP contribution in [-0.4, -0.2) is 9.38 Å². The maximum atomic E-state index is 11.7. The Kier molecular flexibility index (Phi) is 2.14. The molecule has 13 heavy (non-hydrogen) atoms. The molecule has 3 nitrogen and oxygen atoms in total. The lowest BCUT2D eigenvalue weighted by Gasteiger charge is -1.99. The molecular formula is C9H7BrN2O. The Balaban J connectivity index is 2.87. The van der Waals surface area contributed by atoms with Gasteiger partial charge in [0.25, 0.3) is 5.56 Å². The van der Waals surface area contributed by atoms with Gasteiger partial charge in [-0.1, -0.05) is 22.0 Å². The SMILES string of the molecule is O=c1c(CBr)cnc2ccccn12. The van der Waals surface area contributed by atoms with Crippen LogP contribution in [0.4, 0.5) is 0 Å². The van der Waals surface area contributed by atoms with Crippen LogP contribution in [0, 0.1) is 0 Å². The molecule has 2 heterocycles. The Bertz CT molecular complexity index is 492. The summed E-state index contributed by atoms with van der Waals surface area (Å²) < 4.78 is 1.54. The first-order valence-electron chi connectivity index (χ1n) is 3.84. The highest BCUT2D eigenvalue weighted by molar-refractivity contribution is 9.08. The zero-order valence-electron chi connectivity index (χ0n) is 6.77. The van der Waals surface area contributed by atoms with Crippen LogP contribution in [0.15, 0.2) is 35.4 Å². The molecule has 0 N–H and O–H groups in total. The van der Waals surface area contributed by atoms with Gasteiger partial charge in [0.2, 0.25) is 0 Å². The number of fused-ring (bicyclic) bond motifs is 1. The van der Waals surface area contributed by atoms with Crippen molar-refractivity contribution >= 4 is 21.6 Å². The van der Waals surface area contributed by atoms with E-state index >= 15 is 0 Å². The van der Waals surface area contributed by atoms with Gasteiger partial charge in [-0.25, -0.2) is 4.98 Å². The van der Waals surface area contributed by atoms with E-state index in [1.165, 1.54) is 4.40 Å². The minimum atomic E-state index is -0.0116. The molecule has 0 saturated carbocycles. The van der Waals surface area contributed by atoms with E-state index in [4.69, 9.17) is 0 Å². The second-order valence-corrected chi connectivity index (χ2v) is 3.21. The maximum Gasteiger partial charge on any atom is 0.261 e. The number of nitrogens with zero attached hydrogens (tertiary/aromatic N) is 2. The normalized spacial score (nSPS) is 10.5. The summed E-state index contributed by atoms with van der Waals surface area (Å²) in [4.78, 5) is 15.8. The molecule has 0 aliphatic rings. The molecule has 0 spiro atoms.